The molecule has 146 valence electrons. The van der Waals surface area contributed by atoms with E-state index < -0.39 is 0 Å². The van der Waals surface area contributed by atoms with Gasteiger partial charge in [0.25, 0.3) is 5.56 Å². The van der Waals surface area contributed by atoms with Crippen LogP contribution in [0.4, 0.5) is 0 Å². The van der Waals surface area contributed by atoms with E-state index in [9.17, 15) is 9.59 Å². The molecule has 0 bridgehead atoms. The van der Waals surface area contributed by atoms with Crippen LogP contribution in [0.1, 0.15) is 34.9 Å². The van der Waals surface area contributed by atoms with Gasteiger partial charge in [0, 0.05) is 18.5 Å². The molecule has 1 atom stereocenters. The van der Waals surface area contributed by atoms with Gasteiger partial charge in [-0.15, -0.1) is 11.3 Å². The van der Waals surface area contributed by atoms with Crippen LogP contribution in [0, 0.1) is 12.8 Å². The van der Waals surface area contributed by atoms with Crippen LogP contribution in [0.3, 0.4) is 0 Å². The first-order valence-electron chi connectivity index (χ1n) is 9.71. The van der Waals surface area contributed by atoms with E-state index >= 15 is 0 Å². The Kier molecular flexibility index (Phi) is 5.06. The summed E-state index contributed by atoms with van der Waals surface area (Å²) in [5.41, 5.74) is 3.33. The lowest BCUT2D eigenvalue weighted by Gasteiger charge is -2.18. The van der Waals surface area contributed by atoms with Crippen molar-refractivity contribution in [2.75, 3.05) is 7.05 Å². The number of amides is 1. The minimum atomic E-state index is -0.0958. The minimum absolute atomic E-state index is 0.0190. The summed E-state index contributed by atoms with van der Waals surface area (Å²) in [6.45, 7) is 4.83. The van der Waals surface area contributed by atoms with E-state index in [1.54, 1.807) is 23.3 Å². The summed E-state index contributed by atoms with van der Waals surface area (Å²) in [5, 5.41) is 0.725. The van der Waals surface area contributed by atoms with Gasteiger partial charge in [0.2, 0.25) is 5.91 Å². The van der Waals surface area contributed by atoms with Crippen LogP contribution in [0.25, 0.3) is 10.2 Å². The first-order chi connectivity index (χ1) is 13.4. The number of rotatable bonds is 4. The van der Waals surface area contributed by atoms with Gasteiger partial charge < -0.3 is 4.90 Å². The second-order valence-electron chi connectivity index (χ2n) is 7.94. The summed E-state index contributed by atoms with van der Waals surface area (Å²) in [6.07, 6.45) is 4.58. The van der Waals surface area contributed by atoms with Gasteiger partial charge >= 0.3 is 0 Å². The third kappa shape index (κ3) is 3.61. The number of carbonyl (C=O) groups excluding carboxylic acids is 1. The number of likely N-dealkylation sites (N-methyl/N-ethyl adjacent to an activating group) is 1. The van der Waals surface area contributed by atoms with Crippen molar-refractivity contribution in [1.82, 2.24) is 14.5 Å². The molecular formula is C22H25N3O2S. The highest BCUT2D eigenvalue weighted by molar-refractivity contribution is 7.18. The van der Waals surface area contributed by atoms with Crippen LogP contribution < -0.4 is 5.56 Å². The van der Waals surface area contributed by atoms with Gasteiger partial charge in [0.1, 0.15) is 11.4 Å². The molecule has 0 radical (unpaired) electrons. The Labute approximate surface area is 168 Å². The van der Waals surface area contributed by atoms with Crippen molar-refractivity contribution in [2.45, 2.75) is 46.2 Å². The number of benzene rings is 1. The molecule has 0 unspecified atom stereocenters. The van der Waals surface area contributed by atoms with Crippen molar-refractivity contribution in [1.29, 1.82) is 0 Å². The molecule has 1 aromatic carbocycles. The molecule has 0 aliphatic heterocycles. The van der Waals surface area contributed by atoms with Gasteiger partial charge in [-0.05, 0) is 43.2 Å². The fourth-order valence-electron chi connectivity index (χ4n) is 3.80. The Hall–Kier alpha value is -2.47. The number of aromatic nitrogens is 2. The standard InChI is InChI=1S/C22H25N3O2S/c1-14-4-7-16(8-5-14)11-24(3)19(26)12-25-13-23-21-20(22(25)27)17-9-6-15(2)10-18(17)28-21/h4-5,7-8,13,15H,6,9-12H2,1-3H3/t15-/m1/s1. The van der Waals surface area contributed by atoms with E-state index in [-0.39, 0.29) is 18.0 Å². The lowest BCUT2D eigenvalue weighted by Crippen LogP contribution is -2.33. The van der Waals surface area contributed by atoms with Gasteiger partial charge in [-0.1, -0.05) is 36.8 Å². The molecule has 3 aromatic rings. The highest BCUT2D eigenvalue weighted by atomic mass is 32.1. The molecular weight excluding hydrogens is 370 g/mol. The lowest BCUT2D eigenvalue weighted by molar-refractivity contribution is -0.131. The zero-order valence-corrected chi connectivity index (χ0v) is 17.4. The van der Waals surface area contributed by atoms with Gasteiger partial charge in [0.05, 0.1) is 11.7 Å². The highest BCUT2D eigenvalue weighted by Crippen LogP contribution is 2.35. The molecule has 0 fully saturated rings. The van der Waals surface area contributed by atoms with Gasteiger partial charge in [-0.2, -0.15) is 0 Å². The monoisotopic (exact) mass is 395 g/mol. The van der Waals surface area contributed by atoms with Crippen molar-refractivity contribution in [3.8, 4) is 0 Å². The normalized spacial score (nSPS) is 16.2. The summed E-state index contributed by atoms with van der Waals surface area (Å²) in [7, 11) is 1.77. The second kappa shape index (κ2) is 7.51. The molecule has 6 heteroatoms. The largest absolute Gasteiger partial charge is 0.340 e. The Bertz CT molecular complexity index is 1080. The Morgan fingerprint density at radius 1 is 1.32 bits per heavy atom. The van der Waals surface area contributed by atoms with Crippen LogP contribution in [0.15, 0.2) is 35.4 Å². The lowest BCUT2D eigenvalue weighted by atomic mass is 9.89. The number of hydrogen-bond donors (Lipinski definition) is 0. The number of carbonyl (C=O) groups is 1. The quantitative estimate of drug-likeness (QED) is 0.679. The molecule has 4 rings (SSSR count). The fraction of sp³-hybridized carbons (Fsp3) is 0.409. The first-order valence-corrected chi connectivity index (χ1v) is 10.5. The van der Waals surface area contributed by atoms with Crippen molar-refractivity contribution in [2.24, 2.45) is 5.92 Å². The zero-order valence-electron chi connectivity index (χ0n) is 16.6. The maximum absolute atomic E-state index is 13.1. The number of nitrogens with zero attached hydrogens (tertiary/aromatic N) is 3. The van der Waals surface area contributed by atoms with E-state index in [1.807, 2.05) is 31.2 Å². The summed E-state index contributed by atoms with van der Waals surface area (Å²) in [4.78, 5) is 34.0. The fourth-order valence-corrected chi connectivity index (χ4v) is 5.14. The second-order valence-corrected chi connectivity index (χ2v) is 9.03. The molecule has 0 saturated heterocycles. The third-order valence-corrected chi connectivity index (χ3v) is 6.72. The predicted octanol–water partition coefficient (Wildman–Crippen LogP) is 3.55. The molecule has 1 aliphatic carbocycles. The summed E-state index contributed by atoms with van der Waals surface area (Å²) < 4.78 is 1.46. The van der Waals surface area contributed by atoms with E-state index in [4.69, 9.17) is 0 Å². The first kappa shape index (κ1) is 18.9. The Balaban J connectivity index is 1.55. The summed E-state index contributed by atoms with van der Waals surface area (Å²) in [6, 6.07) is 8.13. The molecule has 0 saturated carbocycles. The number of thiophene rings is 1. The van der Waals surface area contributed by atoms with Gasteiger partial charge in [-0.25, -0.2) is 4.98 Å². The summed E-state index contributed by atoms with van der Waals surface area (Å²) in [5.74, 6) is 0.557. The molecule has 1 aliphatic rings. The molecule has 2 heterocycles. The minimum Gasteiger partial charge on any atom is -0.340 e. The number of aryl methyl sites for hydroxylation is 2. The Morgan fingerprint density at radius 2 is 2.07 bits per heavy atom. The van der Waals surface area contributed by atoms with Crippen molar-refractivity contribution in [3.63, 3.8) is 0 Å². The van der Waals surface area contributed by atoms with Crippen molar-refractivity contribution >= 4 is 27.5 Å². The molecule has 2 aromatic heterocycles. The number of fused-ring (bicyclic) bond motifs is 3. The topological polar surface area (TPSA) is 55.2 Å². The SMILES string of the molecule is Cc1ccc(CN(C)C(=O)Cn2cnc3sc4c(c3c2=O)CC[C@@H](C)C4)cc1. The van der Waals surface area contributed by atoms with Crippen molar-refractivity contribution < 1.29 is 4.79 Å². The Morgan fingerprint density at radius 3 is 2.82 bits per heavy atom. The van der Waals surface area contributed by atoms with E-state index in [0.717, 1.165) is 40.6 Å². The molecule has 1 amide bonds. The molecule has 28 heavy (non-hydrogen) atoms. The van der Waals surface area contributed by atoms with E-state index in [1.165, 1.54) is 21.3 Å². The average Bonchev–Trinajstić information content (AvgIpc) is 3.03. The van der Waals surface area contributed by atoms with Gasteiger partial charge in [0.15, 0.2) is 0 Å². The van der Waals surface area contributed by atoms with Crippen LogP contribution in [-0.4, -0.2) is 27.4 Å². The van der Waals surface area contributed by atoms with E-state index in [0.29, 0.717) is 12.5 Å². The average molecular weight is 396 g/mol. The zero-order chi connectivity index (χ0) is 19.8. The van der Waals surface area contributed by atoms with Crippen LogP contribution in [0.2, 0.25) is 0 Å². The maximum Gasteiger partial charge on any atom is 0.262 e. The van der Waals surface area contributed by atoms with Crippen molar-refractivity contribution in [3.05, 3.63) is 62.5 Å². The van der Waals surface area contributed by atoms with Crippen LogP contribution in [-0.2, 0) is 30.7 Å². The summed E-state index contributed by atoms with van der Waals surface area (Å²) >= 11 is 1.63. The maximum atomic E-state index is 13.1. The number of hydrogen-bond acceptors (Lipinski definition) is 4. The van der Waals surface area contributed by atoms with Crippen LogP contribution in [0.5, 0.6) is 0 Å². The van der Waals surface area contributed by atoms with E-state index in [2.05, 4.69) is 11.9 Å². The molecule has 5 nitrogen and oxygen atoms in total. The molecule has 0 spiro atoms. The molecule has 0 N–H and O–H groups in total. The predicted molar refractivity (Wildman–Crippen MR) is 113 cm³/mol. The highest BCUT2D eigenvalue weighted by Gasteiger charge is 2.23. The smallest absolute Gasteiger partial charge is 0.262 e. The third-order valence-electron chi connectivity index (χ3n) is 5.55. The van der Waals surface area contributed by atoms with Crippen LogP contribution >= 0.6 is 11.3 Å². The van der Waals surface area contributed by atoms with Gasteiger partial charge in [-0.3, -0.25) is 14.2 Å².